The number of hydrogen-bond acceptors (Lipinski definition) is 3. The highest BCUT2D eigenvalue weighted by atomic mass is 32.2. The Bertz CT molecular complexity index is 325. The number of thioether (sulfide) groups is 1. The van der Waals surface area contributed by atoms with Gasteiger partial charge in [-0.2, -0.15) is 0 Å². The second kappa shape index (κ2) is 7.17. The van der Waals surface area contributed by atoms with Crippen LogP contribution in [0.15, 0.2) is 0 Å². The number of nitrogens with one attached hydrogen (secondary N) is 1. The van der Waals surface area contributed by atoms with Gasteiger partial charge in [0.15, 0.2) is 0 Å². The van der Waals surface area contributed by atoms with Crippen LogP contribution >= 0.6 is 11.8 Å². The van der Waals surface area contributed by atoms with Gasteiger partial charge < -0.3 is 10.4 Å². The Balaban J connectivity index is 2.46. The third kappa shape index (κ3) is 5.43. The van der Waals surface area contributed by atoms with Crippen LogP contribution in [-0.2, 0) is 9.59 Å². The second-order valence-electron chi connectivity index (χ2n) is 5.99. The van der Waals surface area contributed by atoms with Crippen molar-refractivity contribution < 1.29 is 14.7 Å². The Morgan fingerprint density at radius 3 is 2.58 bits per heavy atom. The molecule has 2 N–H and O–H groups in total. The van der Waals surface area contributed by atoms with Gasteiger partial charge in [-0.3, -0.25) is 9.59 Å². The zero-order valence-electron chi connectivity index (χ0n) is 12.1. The molecule has 110 valence electrons. The number of carbonyl (C=O) groups excluding carboxylic acids is 1. The number of rotatable bonds is 7. The first kappa shape index (κ1) is 16.3. The van der Waals surface area contributed by atoms with Crippen molar-refractivity contribution in [2.75, 3.05) is 12.3 Å². The molecule has 0 aromatic carbocycles. The molecule has 1 heterocycles. The number of carboxylic acid groups (broad SMARTS) is 1. The first-order chi connectivity index (χ1) is 8.83. The number of amides is 1. The predicted octanol–water partition coefficient (Wildman–Crippen LogP) is 2.53. The van der Waals surface area contributed by atoms with Crippen LogP contribution in [0, 0.1) is 11.8 Å². The van der Waals surface area contributed by atoms with Crippen LogP contribution in [0.1, 0.15) is 46.5 Å². The highest BCUT2D eigenvalue weighted by Crippen LogP contribution is 2.37. The smallest absolute Gasteiger partial charge is 0.303 e. The quantitative estimate of drug-likeness (QED) is 0.755. The second-order valence-corrected chi connectivity index (χ2v) is 7.58. The van der Waals surface area contributed by atoms with Crippen molar-refractivity contribution in [3.8, 4) is 0 Å². The summed E-state index contributed by atoms with van der Waals surface area (Å²) in [5.41, 5.74) is 0. The minimum absolute atomic E-state index is 0.0245. The number of carboxylic acids is 1. The van der Waals surface area contributed by atoms with Gasteiger partial charge in [0.25, 0.3) is 0 Å². The SMILES string of the molecule is CC(C)CC(CNC(=O)C1(C)CCCS1)CC(=O)O. The molecule has 2 atom stereocenters. The fourth-order valence-corrected chi connectivity index (χ4v) is 3.77. The highest BCUT2D eigenvalue weighted by Gasteiger charge is 2.37. The van der Waals surface area contributed by atoms with E-state index in [0.29, 0.717) is 12.5 Å². The minimum Gasteiger partial charge on any atom is -0.481 e. The molecular weight excluding hydrogens is 262 g/mol. The van der Waals surface area contributed by atoms with Crippen LogP contribution in [-0.4, -0.2) is 34.0 Å². The molecule has 5 heteroatoms. The van der Waals surface area contributed by atoms with Gasteiger partial charge in [0.05, 0.1) is 4.75 Å². The number of aliphatic carboxylic acids is 1. The Labute approximate surface area is 119 Å². The standard InChI is InChI=1S/C14H25NO3S/c1-10(2)7-11(8-12(16)17)9-15-13(18)14(3)5-4-6-19-14/h10-11H,4-9H2,1-3H3,(H,15,18)(H,16,17). The zero-order chi connectivity index (χ0) is 14.5. The van der Waals surface area contributed by atoms with Crippen molar-refractivity contribution in [1.82, 2.24) is 5.32 Å². The largest absolute Gasteiger partial charge is 0.481 e. The maximum absolute atomic E-state index is 12.2. The summed E-state index contributed by atoms with van der Waals surface area (Å²) in [6.07, 6.45) is 2.95. The molecule has 2 unspecified atom stereocenters. The van der Waals surface area contributed by atoms with Gasteiger partial charge in [0.2, 0.25) is 5.91 Å². The molecule has 1 aliphatic heterocycles. The van der Waals surface area contributed by atoms with Crippen LogP contribution < -0.4 is 5.32 Å². The van der Waals surface area contributed by atoms with Crippen molar-refractivity contribution >= 4 is 23.6 Å². The normalized spacial score (nSPS) is 24.4. The van der Waals surface area contributed by atoms with E-state index in [9.17, 15) is 9.59 Å². The van der Waals surface area contributed by atoms with Crippen molar-refractivity contribution in [2.45, 2.75) is 51.2 Å². The highest BCUT2D eigenvalue weighted by molar-refractivity contribution is 8.01. The van der Waals surface area contributed by atoms with E-state index in [0.717, 1.165) is 25.0 Å². The Kier molecular flexibility index (Phi) is 6.17. The Hall–Kier alpha value is -0.710. The molecule has 0 aliphatic carbocycles. The lowest BCUT2D eigenvalue weighted by Gasteiger charge is -2.24. The molecule has 1 aliphatic rings. The maximum atomic E-state index is 12.2. The monoisotopic (exact) mass is 287 g/mol. The average molecular weight is 287 g/mol. The summed E-state index contributed by atoms with van der Waals surface area (Å²) in [6.45, 7) is 6.60. The van der Waals surface area contributed by atoms with Gasteiger partial charge in [0.1, 0.15) is 0 Å². The fourth-order valence-electron chi connectivity index (χ4n) is 2.53. The maximum Gasteiger partial charge on any atom is 0.303 e. The molecular formula is C14H25NO3S. The molecule has 0 radical (unpaired) electrons. The molecule has 0 saturated carbocycles. The van der Waals surface area contributed by atoms with E-state index in [4.69, 9.17) is 5.11 Å². The Morgan fingerprint density at radius 1 is 1.42 bits per heavy atom. The van der Waals surface area contributed by atoms with Gasteiger partial charge in [-0.1, -0.05) is 13.8 Å². The first-order valence-electron chi connectivity index (χ1n) is 6.97. The summed E-state index contributed by atoms with van der Waals surface area (Å²) >= 11 is 1.70. The van der Waals surface area contributed by atoms with Crippen LogP contribution in [0.3, 0.4) is 0 Å². The van der Waals surface area contributed by atoms with Crippen LogP contribution in [0.2, 0.25) is 0 Å². The Morgan fingerprint density at radius 2 is 2.11 bits per heavy atom. The predicted molar refractivity (Wildman–Crippen MR) is 78.3 cm³/mol. The summed E-state index contributed by atoms with van der Waals surface area (Å²) < 4.78 is -0.314. The third-order valence-electron chi connectivity index (χ3n) is 3.52. The van der Waals surface area contributed by atoms with E-state index in [2.05, 4.69) is 19.2 Å². The molecule has 1 fully saturated rings. The van der Waals surface area contributed by atoms with E-state index in [-0.39, 0.29) is 23.0 Å². The van der Waals surface area contributed by atoms with Gasteiger partial charge >= 0.3 is 5.97 Å². The third-order valence-corrected chi connectivity index (χ3v) is 5.04. The van der Waals surface area contributed by atoms with Crippen LogP contribution in [0.4, 0.5) is 0 Å². The summed E-state index contributed by atoms with van der Waals surface area (Å²) in [6, 6.07) is 0. The summed E-state index contributed by atoms with van der Waals surface area (Å²) in [4.78, 5) is 23.0. The molecule has 19 heavy (non-hydrogen) atoms. The fraction of sp³-hybridized carbons (Fsp3) is 0.857. The van der Waals surface area contributed by atoms with E-state index >= 15 is 0 Å². The van der Waals surface area contributed by atoms with Crippen molar-refractivity contribution in [3.05, 3.63) is 0 Å². The van der Waals surface area contributed by atoms with Gasteiger partial charge in [-0.25, -0.2) is 0 Å². The minimum atomic E-state index is -0.790. The average Bonchev–Trinajstić information content (AvgIpc) is 2.72. The van der Waals surface area contributed by atoms with E-state index in [1.54, 1.807) is 11.8 Å². The first-order valence-corrected chi connectivity index (χ1v) is 7.96. The van der Waals surface area contributed by atoms with Crippen LogP contribution in [0.25, 0.3) is 0 Å². The molecule has 0 aromatic heterocycles. The molecule has 4 nitrogen and oxygen atoms in total. The van der Waals surface area contributed by atoms with Gasteiger partial charge in [-0.05, 0) is 43.8 Å². The topological polar surface area (TPSA) is 66.4 Å². The number of hydrogen-bond donors (Lipinski definition) is 2. The van der Waals surface area contributed by atoms with Gasteiger partial charge in [-0.15, -0.1) is 11.8 Å². The lowest BCUT2D eigenvalue weighted by molar-refractivity contribution is -0.138. The molecule has 0 bridgehead atoms. The van der Waals surface area contributed by atoms with E-state index in [1.807, 2.05) is 6.92 Å². The number of carbonyl (C=O) groups is 2. The van der Waals surface area contributed by atoms with E-state index in [1.165, 1.54) is 0 Å². The van der Waals surface area contributed by atoms with Crippen molar-refractivity contribution in [3.63, 3.8) is 0 Å². The van der Waals surface area contributed by atoms with Gasteiger partial charge in [0, 0.05) is 13.0 Å². The summed E-state index contributed by atoms with van der Waals surface area (Å²) in [7, 11) is 0. The molecule has 0 aromatic rings. The van der Waals surface area contributed by atoms with Crippen molar-refractivity contribution in [2.24, 2.45) is 11.8 Å². The molecule has 1 amide bonds. The summed E-state index contributed by atoms with van der Waals surface area (Å²) in [5, 5.41) is 11.9. The lowest BCUT2D eigenvalue weighted by Crippen LogP contribution is -2.42. The molecule has 1 rings (SSSR count). The molecule has 0 spiro atoms. The van der Waals surface area contributed by atoms with E-state index < -0.39 is 5.97 Å². The van der Waals surface area contributed by atoms with Crippen molar-refractivity contribution in [1.29, 1.82) is 0 Å². The summed E-state index contributed by atoms with van der Waals surface area (Å²) in [5.74, 6) is 0.777. The van der Waals surface area contributed by atoms with Crippen LogP contribution in [0.5, 0.6) is 0 Å². The molecule has 1 saturated heterocycles. The zero-order valence-corrected chi connectivity index (χ0v) is 12.9. The lowest BCUT2D eigenvalue weighted by atomic mass is 9.93.